The van der Waals surface area contributed by atoms with Gasteiger partial charge in [-0.1, -0.05) is 92.4 Å². The molecule has 2 aromatic rings. The van der Waals surface area contributed by atoms with Gasteiger partial charge in [-0.15, -0.1) is 0 Å². The Morgan fingerprint density at radius 2 is 1.80 bits per heavy atom. The van der Waals surface area contributed by atoms with Crippen LogP contribution in [0.3, 0.4) is 0 Å². The lowest BCUT2D eigenvalue weighted by molar-refractivity contribution is -0.141. The molecule has 2 N–H and O–H groups in total. The summed E-state index contributed by atoms with van der Waals surface area (Å²) >= 11 is 12.4. The van der Waals surface area contributed by atoms with Crippen molar-refractivity contribution in [1.82, 2.24) is 15.1 Å². The highest BCUT2D eigenvalue weighted by atomic mass is 35.5. The fraction of sp³-hybridized carbons (Fsp3) is 0.514. The third kappa shape index (κ3) is 6.27. The lowest BCUT2D eigenvalue weighted by Gasteiger charge is -2.38. The normalized spacial score (nSPS) is 31.8. The molecule has 8 atom stereocenters. The Morgan fingerprint density at radius 3 is 2.53 bits per heavy atom. The molecule has 3 amide bonds. The summed E-state index contributed by atoms with van der Waals surface area (Å²) in [6.07, 6.45) is 6.86. The average molecular weight is 654 g/mol. The van der Waals surface area contributed by atoms with Crippen LogP contribution in [0.15, 0.2) is 60.7 Å². The highest BCUT2D eigenvalue weighted by molar-refractivity contribution is 6.35. The van der Waals surface area contributed by atoms with E-state index in [2.05, 4.69) is 48.6 Å². The highest BCUT2D eigenvalue weighted by Gasteiger charge is 2.72. The smallest absolute Gasteiger partial charge is 0.246 e. The molecule has 0 aromatic heterocycles. The first-order valence-electron chi connectivity index (χ1n) is 16.0. The quantitative estimate of drug-likeness (QED) is 0.329. The van der Waals surface area contributed by atoms with Gasteiger partial charge in [-0.05, 0) is 62.0 Å². The van der Waals surface area contributed by atoms with Crippen molar-refractivity contribution in [2.45, 2.75) is 69.9 Å². The predicted octanol–water partition coefficient (Wildman–Crippen LogP) is 5.55. The minimum absolute atomic E-state index is 0.0277. The summed E-state index contributed by atoms with van der Waals surface area (Å²) < 4.78 is 6.52. The zero-order valence-corrected chi connectivity index (χ0v) is 27.6. The third-order valence-corrected chi connectivity index (χ3v) is 10.8. The van der Waals surface area contributed by atoms with Gasteiger partial charge in [0.15, 0.2) is 0 Å². The van der Waals surface area contributed by atoms with Gasteiger partial charge >= 0.3 is 0 Å². The molecule has 45 heavy (non-hydrogen) atoms. The van der Waals surface area contributed by atoms with Crippen molar-refractivity contribution >= 4 is 46.6 Å². The second-order valence-electron chi connectivity index (χ2n) is 13.3. The number of nitrogens with zero attached hydrogens (tertiary/aromatic N) is 2. The van der Waals surface area contributed by atoms with Gasteiger partial charge in [-0.25, -0.2) is 0 Å². The Bertz CT molecular complexity index is 1450. The Hall–Kier alpha value is -2.91. The van der Waals surface area contributed by atoms with E-state index in [0.29, 0.717) is 40.5 Å². The minimum atomic E-state index is -1.21. The first-order valence-corrected chi connectivity index (χ1v) is 16.8. The van der Waals surface area contributed by atoms with Gasteiger partial charge in [0.05, 0.1) is 17.9 Å². The number of carbonyl (C=O) groups is 3. The number of fused-ring (bicyclic) bond motifs is 1. The van der Waals surface area contributed by atoms with Crippen LogP contribution in [0, 0.1) is 23.7 Å². The summed E-state index contributed by atoms with van der Waals surface area (Å²) in [5.74, 6) is -1.57. The lowest BCUT2D eigenvalue weighted by atomic mass is 9.73. The van der Waals surface area contributed by atoms with Crippen molar-refractivity contribution in [2.75, 3.05) is 25.5 Å². The van der Waals surface area contributed by atoms with Crippen LogP contribution in [-0.4, -0.2) is 71.4 Å². The highest BCUT2D eigenvalue weighted by Crippen LogP contribution is 2.55. The molecule has 6 rings (SSSR count). The molecule has 240 valence electrons. The van der Waals surface area contributed by atoms with Crippen LogP contribution in [0.4, 0.5) is 5.69 Å². The maximum absolute atomic E-state index is 14.3. The van der Waals surface area contributed by atoms with E-state index in [4.69, 9.17) is 27.9 Å². The zero-order chi connectivity index (χ0) is 31.9. The van der Waals surface area contributed by atoms with Gasteiger partial charge in [0, 0.05) is 34.9 Å². The fourth-order valence-electron chi connectivity index (χ4n) is 7.89. The third-order valence-electron chi connectivity index (χ3n) is 10.3. The van der Waals surface area contributed by atoms with E-state index in [1.165, 1.54) is 5.56 Å². The van der Waals surface area contributed by atoms with E-state index in [0.717, 1.165) is 32.4 Å². The summed E-state index contributed by atoms with van der Waals surface area (Å²) in [4.78, 5) is 46.3. The zero-order valence-electron chi connectivity index (χ0n) is 26.0. The van der Waals surface area contributed by atoms with Gasteiger partial charge in [0.1, 0.15) is 11.6 Å². The van der Waals surface area contributed by atoms with E-state index in [1.807, 2.05) is 30.4 Å². The maximum atomic E-state index is 14.3. The largest absolute Gasteiger partial charge is 0.359 e. The number of rotatable bonds is 10. The van der Waals surface area contributed by atoms with Crippen molar-refractivity contribution in [3.8, 4) is 0 Å². The molecule has 2 saturated heterocycles. The van der Waals surface area contributed by atoms with E-state index in [9.17, 15) is 14.4 Å². The van der Waals surface area contributed by atoms with Crippen molar-refractivity contribution in [3.63, 3.8) is 0 Å². The number of amides is 3. The van der Waals surface area contributed by atoms with Crippen LogP contribution >= 0.6 is 23.2 Å². The van der Waals surface area contributed by atoms with Crippen molar-refractivity contribution in [1.29, 1.82) is 0 Å². The van der Waals surface area contributed by atoms with Gasteiger partial charge in [-0.3, -0.25) is 14.4 Å². The van der Waals surface area contributed by atoms with Crippen molar-refractivity contribution in [3.05, 3.63) is 76.3 Å². The Kier molecular flexibility index (Phi) is 9.31. The van der Waals surface area contributed by atoms with E-state index in [1.54, 1.807) is 23.1 Å². The van der Waals surface area contributed by atoms with Gasteiger partial charge in [0.2, 0.25) is 17.7 Å². The molecular weight excluding hydrogens is 611 g/mol. The van der Waals surface area contributed by atoms with Crippen molar-refractivity contribution < 1.29 is 19.1 Å². The lowest BCUT2D eigenvalue weighted by Crippen LogP contribution is -2.58. The van der Waals surface area contributed by atoms with Crippen LogP contribution in [-0.2, 0) is 25.7 Å². The van der Waals surface area contributed by atoms with Crippen LogP contribution < -0.4 is 10.6 Å². The molecule has 3 fully saturated rings. The fourth-order valence-corrected chi connectivity index (χ4v) is 8.42. The van der Waals surface area contributed by atoms with Crippen LogP contribution in [0.2, 0.25) is 10.0 Å². The molecule has 1 saturated carbocycles. The maximum Gasteiger partial charge on any atom is 0.246 e. The van der Waals surface area contributed by atoms with Crippen LogP contribution in [0.1, 0.15) is 45.1 Å². The van der Waals surface area contributed by atoms with Crippen molar-refractivity contribution in [2.24, 2.45) is 23.7 Å². The average Bonchev–Trinajstić information content (AvgIpc) is 3.63. The number of hydrogen-bond donors (Lipinski definition) is 2. The summed E-state index contributed by atoms with van der Waals surface area (Å²) in [5, 5.41) is 7.00. The Labute approximate surface area is 275 Å². The number of likely N-dealkylation sites (tertiary alicyclic amines) is 1. The number of anilines is 1. The summed E-state index contributed by atoms with van der Waals surface area (Å²) in [6.45, 7) is 6.32. The predicted molar refractivity (Wildman–Crippen MR) is 176 cm³/mol. The first kappa shape index (κ1) is 32.0. The second kappa shape index (κ2) is 13.1. The minimum Gasteiger partial charge on any atom is -0.359 e. The molecule has 3 aliphatic heterocycles. The molecule has 8 nitrogen and oxygen atoms in total. The topological polar surface area (TPSA) is 91.0 Å². The van der Waals surface area contributed by atoms with Gasteiger partial charge in [0.25, 0.3) is 0 Å². The molecule has 8 unspecified atom stereocenters. The second-order valence-corrected chi connectivity index (χ2v) is 14.2. The summed E-state index contributed by atoms with van der Waals surface area (Å²) in [6, 6.07) is 14.2. The van der Waals surface area contributed by atoms with E-state index < -0.39 is 29.6 Å². The Balaban J connectivity index is 1.23. The van der Waals surface area contributed by atoms with Crippen LogP contribution in [0.5, 0.6) is 0 Å². The Morgan fingerprint density at radius 1 is 1.07 bits per heavy atom. The molecule has 2 aromatic carbocycles. The van der Waals surface area contributed by atoms with E-state index >= 15 is 0 Å². The molecule has 1 aliphatic carbocycles. The standard InChI is InChI=1S/C35H42Cl2N4O4/c1-21-9-7-12-27(22(21)2)39-33(43)31-35-14-13-28(45-35)29(32(42)38-26-18-24(36)17-25(37)19-26)30(35)34(44)41(31)16-8-15-40(3)20-23-10-5-4-6-11-23/h4-6,10-11,13-14,17-19,21-22,27-31H,7-9,12,15-16,20H2,1-3H3,(H,38,42)(H,39,43). The first-order chi connectivity index (χ1) is 21.6. The number of carbonyl (C=O) groups excluding carboxylic acids is 3. The summed E-state index contributed by atoms with van der Waals surface area (Å²) in [7, 11) is 2.05. The number of halogens is 2. The number of nitrogens with one attached hydrogen (secondary N) is 2. The summed E-state index contributed by atoms with van der Waals surface area (Å²) in [5.41, 5.74) is 0.445. The molecule has 3 heterocycles. The molecule has 1 spiro atoms. The molecular formula is C35H42Cl2N4O4. The molecule has 10 heteroatoms. The number of benzene rings is 2. The number of ether oxygens (including phenoxy) is 1. The SMILES string of the molecule is CC1CCCC(NC(=O)C2N(CCCN(C)Cc3ccccc3)C(=O)C3C(C(=O)Nc4cc(Cl)cc(Cl)c4)C4C=CC32O4)C1C. The van der Waals surface area contributed by atoms with Gasteiger partial charge < -0.3 is 25.2 Å². The van der Waals surface area contributed by atoms with Gasteiger partial charge in [-0.2, -0.15) is 0 Å². The van der Waals surface area contributed by atoms with Crippen LogP contribution in [0.25, 0.3) is 0 Å². The van der Waals surface area contributed by atoms with E-state index in [-0.39, 0.29) is 23.8 Å². The molecule has 0 radical (unpaired) electrons. The monoisotopic (exact) mass is 652 g/mol. The molecule has 2 bridgehead atoms. The molecule has 4 aliphatic rings. The number of hydrogen-bond acceptors (Lipinski definition) is 5.